The molecule has 0 aliphatic heterocycles. The Morgan fingerprint density at radius 3 is 2.70 bits per heavy atom. The van der Waals surface area contributed by atoms with E-state index in [0.29, 0.717) is 5.95 Å². The Kier molecular flexibility index (Phi) is 5.83. The summed E-state index contributed by atoms with van der Waals surface area (Å²) in [4.78, 5) is 12.2. The summed E-state index contributed by atoms with van der Waals surface area (Å²) in [5.74, 6) is 1.41. The van der Waals surface area contributed by atoms with Crippen molar-refractivity contribution in [3.63, 3.8) is 0 Å². The van der Waals surface area contributed by atoms with E-state index in [2.05, 4.69) is 20.3 Å². The van der Waals surface area contributed by atoms with Gasteiger partial charge in [0.1, 0.15) is 0 Å². The van der Waals surface area contributed by atoms with E-state index in [4.69, 9.17) is 16.3 Å². The van der Waals surface area contributed by atoms with Gasteiger partial charge in [-0.15, -0.1) is 0 Å². The smallest absolute Gasteiger partial charge is 0.322 e. The van der Waals surface area contributed by atoms with Crippen LogP contribution in [-0.4, -0.2) is 27.6 Å². The molecule has 0 saturated heterocycles. The first-order valence-electron chi connectivity index (χ1n) is 7.45. The number of ether oxygens (including phenoxy) is 1. The molecule has 0 atom stereocenters. The minimum Gasteiger partial charge on any atom is -0.461 e. The normalized spacial score (nSPS) is 15.8. The first-order chi connectivity index (χ1) is 9.63. The lowest BCUT2D eigenvalue weighted by Gasteiger charge is -2.11. The summed E-state index contributed by atoms with van der Waals surface area (Å²) in [5.41, 5.74) is 0. The molecule has 112 valence electrons. The molecule has 1 aromatic rings. The average Bonchev–Trinajstić information content (AvgIpc) is 2.86. The molecule has 0 amide bonds. The fraction of sp³-hybridized carbons (Fsp3) is 0.786. The quantitative estimate of drug-likeness (QED) is 0.778. The molecule has 1 heterocycles. The summed E-state index contributed by atoms with van der Waals surface area (Å²) in [6.07, 6.45) is 8.01. The number of rotatable bonds is 7. The lowest BCUT2D eigenvalue weighted by atomic mass is 10.0. The number of nitrogens with one attached hydrogen (secondary N) is 1. The maximum atomic E-state index is 5.87. The molecule has 0 unspecified atom stereocenters. The van der Waals surface area contributed by atoms with E-state index in [9.17, 15) is 0 Å². The number of hydrogen-bond acceptors (Lipinski definition) is 5. The number of aromatic nitrogens is 3. The Labute approximate surface area is 125 Å². The Bertz CT molecular complexity index is 422. The maximum Gasteiger partial charge on any atom is 0.322 e. The van der Waals surface area contributed by atoms with E-state index in [-0.39, 0.29) is 17.4 Å². The molecule has 6 heteroatoms. The zero-order chi connectivity index (χ0) is 14.4. The standard InChI is InChI=1S/C14H23ClN4O/c1-10(2)20-14-18-12(15)17-13(19-14)16-9-5-8-11-6-3-4-7-11/h10-11H,3-9H2,1-2H3,(H,16,17,18,19). The van der Waals surface area contributed by atoms with E-state index < -0.39 is 0 Å². The molecule has 20 heavy (non-hydrogen) atoms. The third-order valence-electron chi connectivity index (χ3n) is 3.48. The molecule has 0 bridgehead atoms. The molecular formula is C14H23ClN4O. The summed E-state index contributed by atoms with van der Waals surface area (Å²) < 4.78 is 5.44. The largest absolute Gasteiger partial charge is 0.461 e. The van der Waals surface area contributed by atoms with Crippen LogP contribution in [0.3, 0.4) is 0 Å². The highest BCUT2D eigenvalue weighted by Gasteiger charge is 2.14. The van der Waals surface area contributed by atoms with Crippen LogP contribution in [0.15, 0.2) is 0 Å². The van der Waals surface area contributed by atoms with Gasteiger partial charge in [-0.3, -0.25) is 0 Å². The molecule has 1 saturated carbocycles. The molecule has 1 N–H and O–H groups in total. The first-order valence-corrected chi connectivity index (χ1v) is 7.83. The van der Waals surface area contributed by atoms with E-state index in [1.54, 1.807) is 0 Å². The highest BCUT2D eigenvalue weighted by molar-refractivity contribution is 6.28. The fourth-order valence-electron chi connectivity index (χ4n) is 2.56. The van der Waals surface area contributed by atoms with Crippen molar-refractivity contribution < 1.29 is 4.74 Å². The van der Waals surface area contributed by atoms with Crippen LogP contribution in [-0.2, 0) is 0 Å². The lowest BCUT2D eigenvalue weighted by molar-refractivity contribution is 0.222. The van der Waals surface area contributed by atoms with E-state index in [1.807, 2.05) is 13.8 Å². The summed E-state index contributed by atoms with van der Waals surface area (Å²) in [6, 6.07) is 0.276. The van der Waals surface area contributed by atoms with Gasteiger partial charge in [0.25, 0.3) is 0 Å². The van der Waals surface area contributed by atoms with Crippen molar-refractivity contribution in [2.45, 2.75) is 58.5 Å². The highest BCUT2D eigenvalue weighted by Crippen LogP contribution is 2.28. The number of hydrogen-bond donors (Lipinski definition) is 1. The van der Waals surface area contributed by atoms with Gasteiger partial charge in [-0.1, -0.05) is 25.7 Å². The third-order valence-corrected chi connectivity index (χ3v) is 3.64. The van der Waals surface area contributed by atoms with Crippen molar-refractivity contribution in [2.75, 3.05) is 11.9 Å². The second-order valence-corrected chi connectivity index (χ2v) is 5.93. The van der Waals surface area contributed by atoms with Gasteiger partial charge in [0.15, 0.2) is 0 Å². The zero-order valence-corrected chi connectivity index (χ0v) is 13.0. The molecule has 2 rings (SSSR count). The topological polar surface area (TPSA) is 59.9 Å². The fourth-order valence-corrected chi connectivity index (χ4v) is 2.72. The van der Waals surface area contributed by atoms with E-state index in [1.165, 1.54) is 32.1 Å². The van der Waals surface area contributed by atoms with Crippen LogP contribution in [0.5, 0.6) is 6.01 Å². The second kappa shape index (κ2) is 7.62. The molecule has 1 aliphatic carbocycles. The molecule has 1 aromatic heterocycles. The van der Waals surface area contributed by atoms with Gasteiger partial charge in [0, 0.05) is 6.54 Å². The summed E-state index contributed by atoms with van der Waals surface area (Å²) >= 11 is 5.87. The van der Waals surface area contributed by atoms with Crippen molar-refractivity contribution in [3.8, 4) is 6.01 Å². The number of halogens is 1. The van der Waals surface area contributed by atoms with Crippen LogP contribution < -0.4 is 10.1 Å². The number of anilines is 1. The molecule has 0 aromatic carbocycles. The van der Waals surface area contributed by atoms with Crippen LogP contribution in [0.25, 0.3) is 0 Å². The van der Waals surface area contributed by atoms with Crippen molar-refractivity contribution in [1.29, 1.82) is 0 Å². The van der Waals surface area contributed by atoms with Crippen LogP contribution in [0.4, 0.5) is 5.95 Å². The van der Waals surface area contributed by atoms with Crippen molar-refractivity contribution in [2.24, 2.45) is 5.92 Å². The van der Waals surface area contributed by atoms with Crippen molar-refractivity contribution in [1.82, 2.24) is 15.0 Å². The zero-order valence-electron chi connectivity index (χ0n) is 12.2. The van der Waals surface area contributed by atoms with Crippen LogP contribution in [0, 0.1) is 5.92 Å². The molecule has 1 aliphatic rings. The van der Waals surface area contributed by atoms with Gasteiger partial charge in [-0.25, -0.2) is 0 Å². The van der Waals surface area contributed by atoms with Gasteiger partial charge in [0.2, 0.25) is 11.2 Å². The molecule has 5 nitrogen and oxygen atoms in total. The predicted octanol–water partition coefficient (Wildman–Crippen LogP) is 3.69. The number of nitrogens with zero attached hydrogens (tertiary/aromatic N) is 3. The molecule has 0 spiro atoms. The maximum absolute atomic E-state index is 5.87. The highest BCUT2D eigenvalue weighted by atomic mass is 35.5. The molecular weight excluding hydrogens is 276 g/mol. The molecule has 0 radical (unpaired) electrons. The van der Waals surface area contributed by atoms with Gasteiger partial charge in [-0.05, 0) is 44.2 Å². The minimum absolute atomic E-state index is 0.0173. The van der Waals surface area contributed by atoms with Gasteiger partial charge in [0.05, 0.1) is 6.10 Å². The van der Waals surface area contributed by atoms with Crippen molar-refractivity contribution in [3.05, 3.63) is 5.28 Å². The first kappa shape index (κ1) is 15.3. The summed E-state index contributed by atoms with van der Waals surface area (Å²) in [7, 11) is 0. The SMILES string of the molecule is CC(C)Oc1nc(Cl)nc(NCCCC2CCCC2)n1. The van der Waals surface area contributed by atoms with Crippen molar-refractivity contribution >= 4 is 17.5 Å². The Morgan fingerprint density at radius 2 is 2.00 bits per heavy atom. The molecule has 1 fully saturated rings. The third kappa shape index (κ3) is 5.12. The van der Waals surface area contributed by atoms with Crippen LogP contribution in [0.1, 0.15) is 52.4 Å². The Balaban J connectivity index is 1.77. The van der Waals surface area contributed by atoms with E-state index in [0.717, 1.165) is 18.9 Å². The monoisotopic (exact) mass is 298 g/mol. The minimum atomic E-state index is 0.0173. The van der Waals surface area contributed by atoms with Gasteiger partial charge >= 0.3 is 6.01 Å². The Morgan fingerprint density at radius 1 is 1.25 bits per heavy atom. The summed E-state index contributed by atoms with van der Waals surface area (Å²) in [5, 5.41) is 3.36. The lowest BCUT2D eigenvalue weighted by Crippen LogP contribution is -2.12. The Hall–Kier alpha value is -1.10. The van der Waals surface area contributed by atoms with Gasteiger partial charge in [-0.2, -0.15) is 15.0 Å². The van der Waals surface area contributed by atoms with Gasteiger partial charge < -0.3 is 10.1 Å². The predicted molar refractivity (Wildman–Crippen MR) is 80.3 cm³/mol. The average molecular weight is 299 g/mol. The summed E-state index contributed by atoms with van der Waals surface area (Å²) in [6.45, 7) is 4.71. The van der Waals surface area contributed by atoms with E-state index >= 15 is 0 Å². The van der Waals surface area contributed by atoms with Crippen LogP contribution in [0.2, 0.25) is 5.28 Å². The van der Waals surface area contributed by atoms with Crippen LogP contribution >= 0.6 is 11.6 Å². The second-order valence-electron chi connectivity index (χ2n) is 5.60.